The van der Waals surface area contributed by atoms with Gasteiger partial charge in [-0.1, -0.05) is 5.57 Å². The van der Waals surface area contributed by atoms with Gasteiger partial charge in [0.1, 0.15) is 11.2 Å². The van der Waals surface area contributed by atoms with Crippen molar-refractivity contribution >= 4 is 11.8 Å². The Hall–Kier alpha value is -1.12. The summed E-state index contributed by atoms with van der Waals surface area (Å²) in [6.45, 7) is 6.97. The molecule has 0 aliphatic carbocycles. The zero-order chi connectivity index (χ0) is 10.2. The van der Waals surface area contributed by atoms with Crippen LogP contribution in [0.25, 0.3) is 0 Å². The molecule has 0 aromatic heterocycles. The molecule has 1 fully saturated rings. The molecule has 13 heavy (non-hydrogen) atoms. The van der Waals surface area contributed by atoms with E-state index in [-0.39, 0.29) is 17.8 Å². The van der Waals surface area contributed by atoms with E-state index >= 15 is 0 Å². The minimum Gasteiger partial charge on any atom is -0.455 e. The van der Waals surface area contributed by atoms with Crippen LogP contribution in [0.4, 0.5) is 0 Å². The second-order valence-corrected chi connectivity index (χ2v) is 4.12. The van der Waals surface area contributed by atoms with E-state index in [1.807, 2.05) is 0 Å². The third kappa shape index (κ3) is 1.97. The van der Waals surface area contributed by atoms with Crippen LogP contribution in [-0.4, -0.2) is 17.4 Å². The van der Waals surface area contributed by atoms with Crippen molar-refractivity contribution in [1.82, 2.24) is 0 Å². The van der Waals surface area contributed by atoms with E-state index in [0.29, 0.717) is 0 Å². The summed E-state index contributed by atoms with van der Waals surface area (Å²) < 4.78 is 5.10. The molecular formula is C10H14O3. The number of ether oxygens (including phenoxy) is 1. The third-order valence-electron chi connectivity index (χ3n) is 1.94. The van der Waals surface area contributed by atoms with Crippen molar-refractivity contribution in [1.29, 1.82) is 0 Å². The van der Waals surface area contributed by atoms with Crippen LogP contribution in [0.1, 0.15) is 34.1 Å². The lowest BCUT2D eigenvalue weighted by atomic mass is 9.92. The molecule has 3 nitrogen and oxygen atoms in total. The van der Waals surface area contributed by atoms with Gasteiger partial charge in [0.05, 0.1) is 6.42 Å². The van der Waals surface area contributed by atoms with Crippen LogP contribution < -0.4 is 0 Å². The van der Waals surface area contributed by atoms with Gasteiger partial charge in [-0.15, -0.1) is 0 Å². The fourth-order valence-electron chi connectivity index (χ4n) is 1.41. The maximum absolute atomic E-state index is 11.5. The van der Waals surface area contributed by atoms with Crippen molar-refractivity contribution in [2.24, 2.45) is 0 Å². The number of hydrogen-bond acceptors (Lipinski definition) is 3. The average molecular weight is 182 g/mol. The van der Waals surface area contributed by atoms with Gasteiger partial charge in [-0.2, -0.15) is 0 Å². The van der Waals surface area contributed by atoms with Crippen LogP contribution in [0, 0.1) is 0 Å². The predicted molar refractivity (Wildman–Crippen MR) is 48.2 cm³/mol. The molecule has 0 saturated carbocycles. The smallest absolute Gasteiger partial charge is 0.342 e. The van der Waals surface area contributed by atoms with Crippen LogP contribution in [0.2, 0.25) is 0 Å². The Balaban J connectivity index is 3.04. The number of Topliss-reactive ketones (excluding diaryl/α,β-unsaturated/α-hetero) is 1. The summed E-state index contributed by atoms with van der Waals surface area (Å²) in [5, 5.41) is 0. The van der Waals surface area contributed by atoms with E-state index in [2.05, 4.69) is 0 Å². The molecule has 1 rings (SSSR count). The summed E-state index contributed by atoms with van der Waals surface area (Å²) in [7, 11) is 0. The molecule has 0 atom stereocenters. The standard InChI is InChI=1S/C10H14O3/c1-6(2)8-7(11)5-10(3,4)13-9(8)12/h5H2,1-4H3. The van der Waals surface area contributed by atoms with Crippen molar-refractivity contribution in [3.8, 4) is 0 Å². The SMILES string of the molecule is CC(C)=C1C(=O)CC(C)(C)OC1=O. The summed E-state index contributed by atoms with van der Waals surface area (Å²) in [5.74, 6) is -0.595. The fraction of sp³-hybridized carbons (Fsp3) is 0.600. The van der Waals surface area contributed by atoms with Crippen molar-refractivity contribution in [3.05, 3.63) is 11.1 Å². The Morgan fingerprint density at radius 3 is 2.23 bits per heavy atom. The zero-order valence-corrected chi connectivity index (χ0v) is 8.43. The molecule has 0 spiro atoms. The number of allylic oxidation sites excluding steroid dienone is 1. The van der Waals surface area contributed by atoms with Crippen LogP contribution in [0.3, 0.4) is 0 Å². The summed E-state index contributed by atoms with van der Waals surface area (Å²) in [4.78, 5) is 22.9. The van der Waals surface area contributed by atoms with Crippen LogP contribution >= 0.6 is 0 Å². The highest BCUT2D eigenvalue weighted by molar-refractivity contribution is 6.19. The first kappa shape index (κ1) is 9.96. The van der Waals surface area contributed by atoms with Crippen molar-refractivity contribution in [2.45, 2.75) is 39.7 Å². The topological polar surface area (TPSA) is 43.4 Å². The van der Waals surface area contributed by atoms with Gasteiger partial charge in [-0.3, -0.25) is 4.79 Å². The molecule has 0 bridgehead atoms. The van der Waals surface area contributed by atoms with E-state index < -0.39 is 11.6 Å². The first-order valence-corrected chi connectivity index (χ1v) is 4.27. The Bertz CT molecular complexity index is 271. The average Bonchev–Trinajstić information content (AvgIpc) is 1.78. The van der Waals surface area contributed by atoms with E-state index in [4.69, 9.17) is 4.74 Å². The van der Waals surface area contributed by atoms with Gasteiger partial charge < -0.3 is 4.74 Å². The quantitative estimate of drug-likeness (QED) is 0.325. The summed E-state index contributed by atoms with van der Waals surface area (Å²) in [6.07, 6.45) is 0.277. The molecule has 3 heteroatoms. The maximum Gasteiger partial charge on any atom is 0.342 e. The van der Waals surface area contributed by atoms with Crippen molar-refractivity contribution < 1.29 is 14.3 Å². The lowest BCUT2D eigenvalue weighted by molar-refractivity contribution is -0.159. The first-order chi connectivity index (χ1) is 5.83. The van der Waals surface area contributed by atoms with E-state index in [1.165, 1.54) is 0 Å². The minimum absolute atomic E-state index is 0.110. The molecule has 72 valence electrons. The Morgan fingerprint density at radius 1 is 1.31 bits per heavy atom. The molecule has 0 amide bonds. The Kier molecular flexibility index (Phi) is 2.28. The van der Waals surface area contributed by atoms with Gasteiger partial charge in [0.15, 0.2) is 5.78 Å². The predicted octanol–water partition coefficient (Wildman–Crippen LogP) is 1.62. The summed E-state index contributed by atoms with van der Waals surface area (Å²) >= 11 is 0. The number of carbonyl (C=O) groups is 2. The molecule has 0 aromatic carbocycles. The molecule has 0 radical (unpaired) electrons. The number of esters is 1. The van der Waals surface area contributed by atoms with E-state index in [9.17, 15) is 9.59 Å². The molecule has 0 unspecified atom stereocenters. The lowest BCUT2D eigenvalue weighted by Crippen LogP contribution is -2.39. The van der Waals surface area contributed by atoms with E-state index in [0.717, 1.165) is 5.57 Å². The Morgan fingerprint density at radius 2 is 1.85 bits per heavy atom. The van der Waals surface area contributed by atoms with Gasteiger partial charge in [0, 0.05) is 0 Å². The molecule has 0 N–H and O–H groups in total. The largest absolute Gasteiger partial charge is 0.455 e. The molecule has 1 aliphatic rings. The highest BCUT2D eigenvalue weighted by atomic mass is 16.6. The van der Waals surface area contributed by atoms with E-state index in [1.54, 1.807) is 27.7 Å². The van der Waals surface area contributed by atoms with Gasteiger partial charge in [-0.25, -0.2) is 4.79 Å². The van der Waals surface area contributed by atoms with Crippen LogP contribution in [0.5, 0.6) is 0 Å². The second kappa shape index (κ2) is 2.98. The molecule has 1 heterocycles. The van der Waals surface area contributed by atoms with Gasteiger partial charge in [-0.05, 0) is 27.7 Å². The number of cyclic esters (lactones) is 1. The Labute approximate surface area is 77.8 Å². The van der Waals surface area contributed by atoms with Crippen molar-refractivity contribution in [2.75, 3.05) is 0 Å². The fourth-order valence-corrected chi connectivity index (χ4v) is 1.41. The minimum atomic E-state index is -0.646. The highest BCUT2D eigenvalue weighted by Gasteiger charge is 2.37. The molecule has 0 aromatic rings. The molecule has 1 aliphatic heterocycles. The molecular weight excluding hydrogens is 168 g/mol. The third-order valence-corrected chi connectivity index (χ3v) is 1.94. The normalized spacial score (nSPS) is 21.4. The summed E-state index contributed by atoms with van der Waals surface area (Å²) in [5.41, 5.74) is 0.303. The van der Waals surface area contributed by atoms with Crippen LogP contribution in [-0.2, 0) is 14.3 Å². The number of rotatable bonds is 0. The van der Waals surface area contributed by atoms with Gasteiger partial charge in [0.2, 0.25) is 0 Å². The maximum atomic E-state index is 11.5. The number of ketones is 1. The highest BCUT2D eigenvalue weighted by Crippen LogP contribution is 2.26. The molecule has 1 saturated heterocycles. The van der Waals surface area contributed by atoms with Crippen LogP contribution in [0.15, 0.2) is 11.1 Å². The second-order valence-electron chi connectivity index (χ2n) is 4.12. The summed E-state index contributed by atoms with van der Waals surface area (Å²) in [6, 6.07) is 0. The van der Waals surface area contributed by atoms with Gasteiger partial charge in [0.25, 0.3) is 0 Å². The number of carbonyl (C=O) groups excluding carboxylic acids is 2. The first-order valence-electron chi connectivity index (χ1n) is 4.27. The number of hydrogen-bond donors (Lipinski definition) is 0. The van der Waals surface area contributed by atoms with Gasteiger partial charge >= 0.3 is 5.97 Å². The zero-order valence-electron chi connectivity index (χ0n) is 8.43. The van der Waals surface area contributed by atoms with Crippen molar-refractivity contribution in [3.63, 3.8) is 0 Å². The lowest BCUT2D eigenvalue weighted by Gasteiger charge is -2.30. The monoisotopic (exact) mass is 182 g/mol.